The van der Waals surface area contributed by atoms with Crippen LogP contribution in [0.1, 0.15) is 28.5 Å². The van der Waals surface area contributed by atoms with Crippen molar-refractivity contribution in [1.82, 2.24) is 34.7 Å². The zero-order chi connectivity index (χ0) is 18.9. The highest BCUT2D eigenvalue weighted by Gasteiger charge is 2.31. The largest absolute Gasteiger partial charge is 0.337 e. The van der Waals surface area contributed by atoms with Crippen LogP contribution in [-0.4, -0.2) is 53.7 Å². The molecule has 8 heteroatoms. The van der Waals surface area contributed by atoms with Crippen molar-refractivity contribution < 1.29 is 4.79 Å². The minimum absolute atomic E-state index is 0.0907. The van der Waals surface area contributed by atoms with E-state index >= 15 is 0 Å². The Bertz CT molecular complexity index is 1130. The van der Waals surface area contributed by atoms with E-state index in [0.717, 1.165) is 28.8 Å². The van der Waals surface area contributed by atoms with Gasteiger partial charge in [-0.1, -0.05) is 11.3 Å². The maximum absolute atomic E-state index is 12.6. The highest BCUT2D eigenvalue weighted by atomic mass is 16.2. The number of hydrogen-bond acceptors (Lipinski definition) is 6. The molecule has 0 aliphatic carbocycles. The van der Waals surface area contributed by atoms with E-state index in [9.17, 15) is 4.79 Å². The minimum atomic E-state index is -0.0907. The summed E-state index contributed by atoms with van der Waals surface area (Å²) in [4.78, 5) is 26.6. The average Bonchev–Trinajstić information content (AvgIpc) is 3.41. The van der Waals surface area contributed by atoms with Gasteiger partial charge in [-0.15, -0.1) is 5.10 Å². The normalized spacial score (nSPS) is 16.6. The van der Waals surface area contributed by atoms with Crippen LogP contribution in [0.4, 0.5) is 0 Å². The van der Waals surface area contributed by atoms with Gasteiger partial charge in [0.05, 0.1) is 17.4 Å². The first kappa shape index (κ1) is 16.5. The van der Waals surface area contributed by atoms with Crippen molar-refractivity contribution in [2.45, 2.75) is 12.3 Å². The predicted octanol–water partition coefficient (Wildman–Crippen LogP) is 2.21. The smallest absolute Gasteiger partial charge is 0.274 e. The zero-order valence-corrected chi connectivity index (χ0v) is 15.0. The number of amides is 1. The fourth-order valence-electron chi connectivity index (χ4n) is 3.66. The molecular weight excluding hydrogens is 354 g/mol. The fourth-order valence-corrected chi connectivity index (χ4v) is 3.66. The van der Waals surface area contributed by atoms with Crippen molar-refractivity contribution in [3.8, 4) is 11.1 Å². The molecule has 0 saturated carbocycles. The minimum Gasteiger partial charge on any atom is -0.337 e. The third-order valence-electron chi connectivity index (χ3n) is 5.10. The Morgan fingerprint density at radius 3 is 2.71 bits per heavy atom. The van der Waals surface area contributed by atoms with Crippen molar-refractivity contribution in [3.63, 3.8) is 0 Å². The van der Waals surface area contributed by atoms with Crippen LogP contribution >= 0.6 is 0 Å². The lowest BCUT2D eigenvalue weighted by atomic mass is 10.0. The van der Waals surface area contributed by atoms with Crippen LogP contribution < -0.4 is 0 Å². The Balaban J connectivity index is 1.39. The van der Waals surface area contributed by atoms with E-state index < -0.39 is 0 Å². The van der Waals surface area contributed by atoms with Crippen LogP contribution in [0.15, 0.2) is 61.4 Å². The first-order valence-electron chi connectivity index (χ1n) is 9.10. The standard InChI is InChI=1S/C20H17N7O/c28-20(17-11-22-8-9-23-17)26-10-5-16(12-26)19-18-2-1-15(13-27(18)25-24-19)14-3-6-21-7-4-14/h1-4,6-9,11,13,16H,5,10,12H2/t16-/m0/s1. The summed E-state index contributed by atoms with van der Waals surface area (Å²) in [6, 6.07) is 8.03. The van der Waals surface area contributed by atoms with E-state index in [2.05, 4.69) is 31.3 Å². The number of pyridine rings is 2. The Labute approximate surface area is 160 Å². The number of hydrogen-bond donors (Lipinski definition) is 0. The van der Waals surface area contributed by atoms with Crippen molar-refractivity contribution >= 4 is 11.4 Å². The Kier molecular flexibility index (Phi) is 4.01. The summed E-state index contributed by atoms with van der Waals surface area (Å²) in [7, 11) is 0. The molecule has 1 aliphatic heterocycles. The summed E-state index contributed by atoms with van der Waals surface area (Å²) in [6.07, 6.45) is 11.0. The summed E-state index contributed by atoms with van der Waals surface area (Å²) < 4.78 is 1.80. The molecule has 1 amide bonds. The number of rotatable bonds is 3. The van der Waals surface area contributed by atoms with Crippen molar-refractivity contribution in [2.75, 3.05) is 13.1 Å². The van der Waals surface area contributed by atoms with Gasteiger partial charge in [0, 0.05) is 55.6 Å². The SMILES string of the molecule is O=C(c1cnccn1)N1CC[C@H](c2nnn3cc(-c4ccncc4)ccc23)C1. The van der Waals surface area contributed by atoms with E-state index in [1.807, 2.05) is 29.3 Å². The molecule has 0 aromatic carbocycles. The number of carbonyl (C=O) groups excluding carboxylic acids is 1. The van der Waals surface area contributed by atoms with Gasteiger partial charge < -0.3 is 4.90 Å². The molecule has 4 aromatic rings. The number of carbonyl (C=O) groups is 1. The number of nitrogens with zero attached hydrogens (tertiary/aromatic N) is 7. The number of fused-ring (bicyclic) bond motifs is 1. The van der Waals surface area contributed by atoms with E-state index in [1.165, 1.54) is 12.4 Å². The van der Waals surface area contributed by atoms with Crippen LogP contribution in [0.5, 0.6) is 0 Å². The lowest BCUT2D eigenvalue weighted by Crippen LogP contribution is -2.29. The molecule has 0 spiro atoms. The highest BCUT2D eigenvalue weighted by molar-refractivity contribution is 5.92. The molecule has 0 unspecified atom stereocenters. The summed E-state index contributed by atoms with van der Waals surface area (Å²) in [5, 5.41) is 8.72. The van der Waals surface area contributed by atoms with Gasteiger partial charge in [0.1, 0.15) is 5.69 Å². The molecule has 1 aliphatic rings. The van der Waals surface area contributed by atoms with Gasteiger partial charge in [-0.2, -0.15) is 0 Å². The molecule has 1 atom stereocenters. The molecule has 0 bridgehead atoms. The average molecular weight is 371 g/mol. The Morgan fingerprint density at radius 1 is 1.00 bits per heavy atom. The van der Waals surface area contributed by atoms with Crippen LogP contribution in [0, 0.1) is 0 Å². The molecule has 5 rings (SSSR count). The molecule has 8 nitrogen and oxygen atoms in total. The van der Waals surface area contributed by atoms with Gasteiger partial charge >= 0.3 is 0 Å². The lowest BCUT2D eigenvalue weighted by Gasteiger charge is -2.15. The topological polar surface area (TPSA) is 89.2 Å². The predicted molar refractivity (Wildman–Crippen MR) is 102 cm³/mol. The highest BCUT2D eigenvalue weighted by Crippen LogP contribution is 2.30. The second-order valence-electron chi connectivity index (χ2n) is 6.79. The first-order valence-corrected chi connectivity index (χ1v) is 9.10. The molecule has 4 aromatic heterocycles. The zero-order valence-electron chi connectivity index (χ0n) is 15.0. The van der Waals surface area contributed by atoms with E-state index in [0.29, 0.717) is 18.8 Å². The first-order chi connectivity index (χ1) is 13.8. The quantitative estimate of drug-likeness (QED) is 0.549. The molecule has 0 N–H and O–H groups in total. The summed E-state index contributed by atoms with van der Waals surface area (Å²) in [5.41, 5.74) is 4.40. The van der Waals surface area contributed by atoms with Crippen LogP contribution in [-0.2, 0) is 0 Å². The van der Waals surface area contributed by atoms with Gasteiger partial charge in [0.15, 0.2) is 0 Å². The van der Waals surface area contributed by atoms with Crippen molar-refractivity contribution in [1.29, 1.82) is 0 Å². The van der Waals surface area contributed by atoms with Gasteiger partial charge in [0.2, 0.25) is 0 Å². The maximum atomic E-state index is 12.6. The van der Waals surface area contributed by atoms with E-state index in [1.54, 1.807) is 23.1 Å². The summed E-state index contributed by atoms with van der Waals surface area (Å²) in [6.45, 7) is 1.28. The molecule has 1 fully saturated rings. The molecule has 28 heavy (non-hydrogen) atoms. The fraction of sp³-hybridized carbons (Fsp3) is 0.200. The second kappa shape index (κ2) is 6.80. The number of likely N-dealkylation sites (tertiary alicyclic amines) is 1. The van der Waals surface area contributed by atoms with Crippen LogP contribution in [0.3, 0.4) is 0 Å². The van der Waals surface area contributed by atoms with Gasteiger partial charge in [0.25, 0.3) is 5.91 Å². The monoisotopic (exact) mass is 371 g/mol. The molecule has 0 radical (unpaired) electrons. The third kappa shape index (κ3) is 2.88. The van der Waals surface area contributed by atoms with E-state index in [-0.39, 0.29) is 11.8 Å². The molecular formula is C20H17N7O. The van der Waals surface area contributed by atoms with Crippen molar-refractivity contribution in [3.05, 3.63) is 72.8 Å². The number of aromatic nitrogens is 6. The molecule has 1 saturated heterocycles. The van der Waals surface area contributed by atoms with Gasteiger partial charge in [-0.05, 0) is 30.2 Å². The molecule has 138 valence electrons. The summed E-state index contributed by atoms with van der Waals surface area (Å²) in [5.74, 6) is 0.0666. The summed E-state index contributed by atoms with van der Waals surface area (Å²) >= 11 is 0. The Morgan fingerprint density at radius 2 is 1.89 bits per heavy atom. The molecule has 5 heterocycles. The second-order valence-corrected chi connectivity index (χ2v) is 6.79. The van der Waals surface area contributed by atoms with Crippen LogP contribution in [0.2, 0.25) is 0 Å². The maximum Gasteiger partial charge on any atom is 0.274 e. The third-order valence-corrected chi connectivity index (χ3v) is 5.10. The van der Waals surface area contributed by atoms with Gasteiger partial charge in [-0.3, -0.25) is 14.8 Å². The lowest BCUT2D eigenvalue weighted by molar-refractivity contribution is 0.0784. The van der Waals surface area contributed by atoms with Crippen LogP contribution in [0.25, 0.3) is 16.6 Å². The van der Waals surface area contributed by atoms with Crippen molar-refractivity contribution in [2.24, 2.45) is 0 Å². The van der Waals surface area contributed by atoms with E-state index in [4.69, 9.17) is 0 Å². The van der Waals surface area contributed by atoms with Gasteiger partial charge in [-0.25, -0.2) is 9.50 Å². The Hall–Kier alpha value is -3.68.